The SMILES string of the molecule is CCOC(=O)C1=C(c2ccccc2)N=c2sc(=Cc3ccc(N(C)C)c(Br)c3)c(=O)n2[C@H]1c1ccc2c(c1)OCO2. The average molecular weight is 633 g/mol. The number of aromatic nitrogens is 1. The minimum absolute atomic E-state index is 0.111. The number of thiazole rings is 1. The third kappa shape index (κ3) is 4.98. The van der Waals surface area contributed by atoms with Gasteiger partial charge in [0.05, 0.1) is 34.1 Å². The third-order valence-electron chi connectivity index (χ3n) is 6.84. The minimum Gasteiger partial charge on any atom is -0.463 e. The van der Waals surface area contributed by atoms with Gasteiger partial charge >= 0.3 is 5.97 Å². The van der Waals surface area contributed by atoms with E-state index >= 15 is 0 Å². The molecule has 208 valence electrons. The Balaban J connectivity index is 1.61. The van der Waals surface area contributed by atoms with Crippen molar-refractivity contribution in [3.63, 3.8) is 0 Å². The lowest BCUT2D eigenvalue weighted by atomic mass is 9.93. The zero-order chi connectivity index (χ0) is 28.7. The van der Waals surface area contributed by atoms with E-state index in [4.69, 9.17) is 19.2 Å². The summed E-state index contributed by atoms with van der Waals surface area (Å²) in [7, 11) is 3.94. The first kappa shape index (κ1) is 27.0. The highest BCUT2D eigenvalue weighted by molar-refractivity contribution is 9.10. The normalized spacial score (nSPS) is 15.9. The van der Waals surface area contributed by atoms with Crippen LogP contribution in [-0.2, 0) is 9.53 Å². The van der Waals surface area contributed by atoms with Gasteiger partial charge in [-0.2, -0.15) is 0 Å². The van der Waals surface area contributed by atoms with E-state index in [9.17, 15) is 9.59 Å². The lowest BCUT2D eigenvalue weighted by Gasteiger charge is -2.26. The van der Waals surface area contributed by atoms with Crippen molar-refractivity contribution in [1.82, 2.24) is 4.57 Å². The molecule has 2 aliphatic heterocycles. The highest BCUT2D eigenvalue weighted by Crippen LogP contribution is 2.40. The molecule has 1 atom stereocenters. The topological polar surface area (TPSA) is 82.4 Å². The number of hydrogen-bond acceptors (Lipinski definition) is 8. The highest BCUT2D eigenvalue weighted by Gasteiger charge is 2.36. The maximum atomic E-state index is 14.1. The van der Waals surface area contributed by atoms with Crippen LogP contribution in [0.15, 0.2) is 86.6 Å². The molecular weight excluding hydrogens is 606 g/mol. The summed E-state index contributed by atoms with van der Waals surface area (Å²) < 4.78 is 19.7. The Bertz CT molecular complexity index is 1880. The first-order chi connectivity index (χ1) is 19.9. The monoisotopic (exact) mass is 631 g/mol. The van der Waals surface area contributed by atoms with Crippen molar-refractivity contribution in [2.75, 3.05) is 32.4 Å². The van der Waals surface area contributed by atoms with E-state index in [1.165, 1.54) is 11.3 Å². The molecule has 0 unspecified atom stereocenters. The number of ether oxygens (including phenoxy) is 3. The van der Waals surface area contributed by atoms with E-state index in [1.54, 1.807) is 17.6 Å². The largest absolute Gasteiger partial charge is 0.463 e. The van der Waals surface area contributed by atoms with Crippen molar-refractivity contribution in [1.29, 1.82) is 0 Å². The first-order valence-electron chi connectivity index (χ1n) is 13.0. The Morgan fingerprint density at radius 1 is 1.12 bits per heavy atom. The van der Waals surface area contributed by atoms with Crippen molar-refractivity contribution in [3.8, 4) is 11.5 Å². The van der Waals surface area contributed by atoms with Crippen LogP contribution in [0.1, 0.15) is 29.7 Å². The summed E-state index contributed by atoms with van der Waals surface area (Å²) in [6.07, 6.45) is 1.85. The molecule has 0 amide bonds. The molecule has 0 saturated carbocycles. The fraction of sp³-hybridized carbons (Fsp3) is 0.194. The summed E-state index contributed by atoms with van der Waals surface area (Å²) in [5.41, 5.74) is 3.83. The molecule has 0 N–H and O–H groups in total. The van der Waals surface area contributed by atoms with Gasteiger partial charge in [0.15, 0.2) is 16.3 Å². The van der Waals surface area contributed by atoms with E-state index in [0.717, 1.165) is 21.3 Å². The van der Waals surface area contributed by atoms with Crippen molar-refractivity contribution in [2.45, 2.75) is 13.0 Å². The molecule has 1 aromatic heterocycles. The Hall–Kier alpha value is -4.15. The van der Waals surface area contributed by atoms with Crippen LogP contribution in [0.4, 0.5) is 5.69 Å². The van der Waals surface area contributed by atoms with Crippen LogP contribution in [-0.4, -0.2) is 38.0 Å². The Morgan fingerprint density at radius 3 is 2.63 bits per heavy atom. The second-order valence-electron chi connectivity index (χ2n) is 9.65. The highest BCUT2D eigenvalue weighted by atomic mass is 79.9. The number of fused-ring (bicyclic) bond motifs is 2. The quantitative estimate of drug-likeness (QED) is 0.292. The number of carbonyl (C=O) groups excluding carboxylic acids is 1. The summed E-state index contributed by atoms with van der Waals surface area (Å²) >= 11 is 4.92. The number of hydrogen-bond donors (Lipinski definition) is 0. The average Bonchev–Trinajstić information content (AvgIpc) is 3.56. The number of anilines is 1. The predicted octanol–water partition coefficient (Wildman–Crippen LogP) is 4.49. The Labute approximate surface area is 248 Å². The van der Waals surface area contributed by atoms with Gasteiger partial charge in [0.1, 0.15) is 0 Å². The molecule has 10 heteroatoms. The molecule has 0 radical (unpaired) electrons. The molecule has 3 aromatic carbocycles. The van der Waals surface area contributed by atoms with Crippen LogP contribution >= 0.6 is 27.3 Å². The van der Waals surface area contributed by atoms with Crippen LogP contribution in [0.2, 0.25) is 0 Å². The second-order valence-corrected chi connectivity index (χ2v) is 11.5. The number of nitrogens with zero attached hydrogens (tertiary/aromatic N) is 3. The molecule has 8 nitrogen and oxygen atoms in total. The molecule has 0 saturated heterocycles. The van der Waals surface area contributed by atoms with E-state index in [0.29, 0.717) is 32.1 Å². The van der Waals surface area contributed by atoms with Gasteiger partial charge in [-0.15, -0.1) is 0 Å². The van der Waals surface area contributed by atoms with Crippen molar-refractivity contribution < 1.29 is 19.0 Å². The number of carbonyl (C=O) groups is 1. The van der Waals surface area contributed by atoms with Gasteiger partial charge in [0, 0.05) is 24.1 Å². The van der Waals surface area contributed by atoms with Gasteiger partial charge in [-0.25, -0.2) is 9.79 Å². The molecule has 2 aliphatic rings. The van der Waals surface area contributed by atoms with Crippen molar-refractivity contribution in [2.24, 2.45) is 4.99 Å². The third-order valence-corrected chi connectivity index (χ3v) is 8.46. The van der Waals surface area contributed by atoms with E-state index in [2.05, 4.69) is 15.9 Å². The smallest absolute Gasteiger partial charge is 0.338 e. The summed E-state index contributed by atoms with van der Waals surface area (Å²) in [4.78, 5) is 35.1. The van der Waals surface area contributed by atoms with Crippen LogP contribution < -0.4 is 29.3 Å². The number of halogens is 1. The van der Waals surface area contributed by atoms with Crippen molar-refractivity contribution >= 4 is 50.7 Å². The molecular formula is C31H26BrN3O5S. The molecule has 41 heavy (non-hydrogen) atoms. The lowest BCUT2D eigenvalue weighted by molar-refractivity contribution is -0.138. The van der Waals surface area contributed by atoms with E-state index in [1.807, 2.05) is 85.7 Å². The summed E-state index contributed by atoms with van der Waals surface area (Å²) in [6.45, 7) is 2.05. The van der Waals surface area contributed by atoms with E-state index < -0.39 is 12.0 Å². The van der Waals surface area contributed by atoms with Crippen molar-refractivity contribution in [3.05, 3.63) is 113 Å². The molecule has 0 bridgehead atoms. The Kier molecular flexibility index (Phi) is 7.27. The first-order valence-corrected chi connectivity index (χ1v) is 14.6. The van der Waals surface area contributed by atoms with Gasteiger partial charge in [0.2, 0.25) is 6.79 Å². The molecule has 0 spiro atoms. The predicted molar refractivity (Wildman–Crippen MR) is 162 cm³/mol. The lowest BCUT2D eigenvalue weighted by Crippen LogP contribution is -2.40. The summed E-state index contributed by atoms with van der Waals surface area (Å²) in [5.74, 6) is 0.630. The van der Waals surface area contributed by atoms with Crippen LogP contribution in [0.25, 0.3) is 11.8 Å². The van der Waals surface area contributed by atoms with Crippen LogP contribution in [0.5, 0.6) is 11.5 Å². The minimum atomic E-state index is -0.792. The fourth-order valence-electron chi connectivity index (χ4n) is 4.97. The summed E-state index contributed by atoms with van der Waals surface area (Å²) in [6, 6.07) is 20.1. The molecule has 0 fully saturated rings. The summed E-state index contributed by atoms with van der Waals surface area (Å²) in [5, 5.41) is 0. The molecule has 3 heterocycles. The number of benzene rings is 3. The zero-order valence-corrected chi connectivity index (χ0v) is 25.0. The van der Waals surface area contributed by atoms with Gasteiger partial charge in [-0.1, -0.05) is 53.8 Å². The van der Waals surface area contributed by atoms with Gasteiger partial charge in [-0.3, -0.25) is 9.36 Å². The zero-order valence-electron chi connectivity index (χ0n) is 22.6. The number of esters is 1. The fourth-order valence-corrected chi connectivity index (χ4v) is 6.72. The molecule has 4 aromatic rings. The van der Waals surface area contributed by atoms with Gasteiger partial charge in [-0.05, 0) is 64.3 Å². The molecule has 6 rings (SSSR count). The number of rotatable bonds is 6. The standard InChI is InChI=1S/C31H26BrN3O5S/c1-4-38-30(37)26-27(19-8-6-5-7-9-19)33-31-35(28(26)20-11-13-23-24(16-20)40-17-39-23)29(36)25(41-31)15-18-10-12-22(34(2)3)21(32)14-18/h5-16,28H,4,17H2,1-3H3/t28-/m0/s1. The second kappa shape index (κ2) is 11.0. The Morgan fingerprint density at radius 2 is 1.90 bits per heavy atom. The van der Waals surface area contributed by atoms with Gasteiger partial charge < -0.3 is 19.1 Å². The van der Waals surface area contributed by atoms with Gasteiger partial charge in [0.25, 0.3) is 5.56 Å². The maximum absolute atomic E-state index is 14.1. The molecule has 0 aliphatic carbocycles. The van der Waals surface area contributed by atoms with Crippen LogP contribution in [0, 0.1) is 0 Å². The maximum Gasteiger partial charge on any atom is 0.338 e. The van der Waals surface area contributed by atoms with Crippen LogP contribution in [0.3, 0.4) is 0 Å². The van der Waals surface area contributed by atoms with E-state index in [-0.39, 0.29) is 24.5 Å².